The van der Waals surface area contributed by atoms with Crippen molar-refractivity contribution in [2.24, 2.45) is 0 Å². The molecule has 0 unspecified atom stereocenters. The number of halogens is 3. The Bertz CT molecular complexity index is 5050. The number of nitrogens with one attached hydrogen (secondary N) is 3. The summed E-state index contributed by atoms with van der Waals surface area (Å²) in [6.45, 7) is 12.7. The van der Waals surface area contributed by atoms with E-state index in [0.29, 0.717) is 99.8 Å². The maximum atomic E-state index is 14.6. The average molecular weight is 1340 g/mol. The monoisotopic (exact) mass is 1340 g/mol. The SMILES string of the molecule is Cc1cn2c(NCc3c(F)ccc4c3CCO4)ncc(-c3cnn(CCCN(C)C)c3)c2n1.Cc1cn2c(NCc3c(F)ccc4c3CCO4)ncc(-c3cnn(CCN(C)C)c3)c2n1.Cc1cn2c(NCc3c(F)ccc4c3CCO4)ncc(-c3cnn(Cc4cccnc4)c3)c2n1. The van der Waals surface area contributed by atoms with Crippen molar-refractivity contribution in [1.82, 2.24) is 87.2 Å². The largest absolute Gasteiger partial charge is 0.493 e. The topological polar surface area (TPSA) is 227 Å². The third kappa shape index (κ3) is 14.2. The van der Waals surface area contributed by atoms with Crippen LogP contribution in [-0.4, -0.2) is 148 Å². The van der Waals surface area contributed by atoms with Crippen molar-refractivity contribution in [2.75, 3.05) is 77.1 Å². The van der Waals surface area contributed by atoms with Crippen LogP contribution < -0.4 is 30.2 Å². The molecule has 0 fully saturated rings. The summed E-state index contributed by atoms with van der Waals surface area (Å²) in [5, 5.41) is 23.4. The molecule has 16 rings (SSSR count). The quantitative estimate of drug-likeness (QED) is 0.0608. The first-order valence-corrected chi connectivity index (χ1v) is 33.0. The predicted octanol–water partition coefficient (Wildman–Crippen LogP) is 10.7. The van der Waals surface area contributed by atoms with E-state index in [1.807, 2.05) is 136 Å². The van der Waals surface area contributed by atoms with E-state index in [1.54, 1.807) is 43.0 Å². The third-order valence-electron chi connectivity index (χ3n) is 17.6. The van der Waals surface area contributed by atoms with Gasteiger partial charge < -0.3 is 40.0 Å². The highest BCUT2D eigenvalue weighted by molar-refractivity contribution is 5.79. The molecule has 0 aliphatic carbocycles. The number of likely N-dealkylation sites (N-methyl/N-ethyl adjacent to an activating group) is 1. The first kappa shape index (κ1) is 65.1. The summed E-state index contributed by atoms with van der Waals surface area (Å²) in [6, 6.07) is 13.4. The van der Waals surface area contributed by atoms with Crippen LogP contribution in [0.5, 0.6) is 17.2 Å². The zero-order valence-corrected chi connectivity index (χ0v) is 56.2. The molecule has 99 heavy (non-hydrogen) atoms. The number of rotatable bonds is 21. The first-order chi connectivity index (χ1) is 48.1. The zero-order valence-electron chi connectivity index (χ0n) is 56.2. The molecule has 0 bridgehead atoms. The number of pyridine rings is 1. The Morgan fingerprint density at radius 1 is 0.455 bits per heavy atom. The number of fused-ring (bicyclic) bond motifs is 6. The lowest BCUT2D eigenvalue weighted by Crippen LogP contribution is -2.18. The Morgan fingerprint density at radius 2 is 0.848 bits per heavy atom. The van der Waals surface area contributed by atoms with Gasteiger partial charge in [0.05, 0.1) is 68.6 Å². The van der Waals surface area contributed by atoms with Crippen LogP contribution in [0.4, 0.5) is 31.0 Å². The van der Waals surface area contributed by atoms with Gasteiger partial charge in [0.25, 0.3) is 0 Å². The highest BCUT2D eigenvalue weighted by Gasteiger charge is 2.25. The molecule has 13 aromatic rings. The summed E-state index contributed by atoms with van der Waals surface area (Å²) in [7, 11) is 8.22. The van der Waals surface area contributed by atoms with Gasteiger partial charge in [-0.25, -0.2) is 43.1 Å². The maximum absolute atomic E-state index is 14.6. The van der Waals surface area contributed by atoms with E-state index in [0.717, 1.165) is 140 Å². The number of aryl methyl sites for hydroxylation is 4. The van der Waals surface area contributed by atoms with Gasteiger partial charge in [0.2, 0.25) is 17.8 Å². The van der Waals surface area contributed by atoms with E-state index in [1.165, 1.54) is 18.2 Å². The smallest absolute Gasteiger partial charge is 0.208 e. The summed E-state index contributed by atoms with van der Waals surface area (Å²) in [6.07, 6.45) is 29.5. The Labute approximate surface area is 569 Å². The fourth-order valence-corrected chi connectivity index (χ4v) is 12.7. The van der Waals surface area contributed by atoms with Gasteiger partial charge in [-0.05, 0) is 110 Å². The summed E-state index contributed by atoms with van der Waals surface area (Å²) < 4.78 is 71.9. The minimum atomic E-state index is -0.243. The molecule has 0 radical (unpaired) electrons. The molecule has 3 aliphatic heterocycles. The zero-order chi connectivity index (χ0) is 68.3. The highest BCUT2D eigenvalue weighted by atomic mass is 19.1. The molecular formula is C72H76F3N21O3. The molecule has 3 N–H and O–H groups in total. The van der Waals surface area contributed by atoms with Crippen LogP contribution in [0, 0.1) is 38.2 Å². The number of nitrogens with zero attached hydrogens (tertiary/aromatic N) is 18. The average Bonchev–Trinajstić information content (AvgIpc) is 1.67. The van der Waals surface area contributed by atoms with Crippen LogP contribution in [0.3, 0.4) is 0 Å². The van der Waals surface area contributed by atoms with Crippen molar-refractivity contribution in [1.29, 1.82) is 0 Å². The van der Waals surface area contributed by atoms with E-state index < -0.39 is 0 Å². The molecule has 27 heteroatoms. The molecule has 0 atom stereocenters. The standard InChI is InChI=1S/C25H22FN7O.C24H28FN7O.C23H26FN7O/c1-16-13-33-24(31-16)20(18-10-30-32(15-18)14-17-3-2-7-27-9-17)11-28-25(33)29-12-21-19-6-8-34-23(19)5-4-22(21)26;1-16-14-32-23(29-16)19(17-11-28-31(15-17)9-4-8-30(2)3)12-26-24(32)27-13-20-18-7-10-33-22(18)6-5-21(20)25;1-15-13-31-22(28-15)18(16-10-27-30(14-16)8-7-29(2)3)11-25-23(31)26-12-19-17-6-9-32-21(17)5-4-20(19)24/h2-5,7,9-11,13,15H,6,8,12,14H2,1H3,(H,28,29);5-6,11-12,14-15H,4,7-10,13H2,1-3H3,(H,26,27);4-5,10-11,13-14H,6-9,12H2,1-3H3,(H,25,26). The lowest BCUT2D eigenvalue weighted by atomic mass is 10.0. The van der Waals surface area contributed by atoms with Gasteiger partial charge in [-0.15, -0.1) is 0 Å². The fourth-order valence-electron chi connectivity index (χ4n) is 12.7. The lowest BCUT2D eigenvalue weighted by Gasteiger charge is -2.12. The van der Waals surface area contributed by atoms with Gasteiger partial charge in [-0.3, -0.25) is 32.2 Å². The van der Waals surface area contributed by atoms with Crippen LogP contribution in [-0.2, 0) is 58.5 Å². The first-order valence-electron chi connectivity index (χ1n) is 33.0. The summed E-state index contributed by atoms with van der Waals surface area (Å²) >= 11 is 0. The number of ether oxygens (including phenoxy) is 3. The van der Waals surface area contributed by atoms with Gasteiger partial charge in [-0.2, -0.15) is 15.3 Å². The predicted molar refractivity (Wildman–Crippen MR) is 371 cm³/mol. The molecule has 508 valence electrons. The van der Waals surface area contributed by atoms with Crippen LogP contribution in [0.25, 0.3) is 50.3 Å². The van der Waals surface area contributed by atoms with Gasteiger partial charge in [0.1, 0.15) is 51.6 Å². The van der Waals surface area contributed by atoms with Crippen molar-refractivity contribution >= 4 is 34.8 Å². The van der Waals surface area contributed by atoms with Crippen molar-refractivity contribution in [3.8, 4) is 50.6 Å². The van der Waals surface area contributed by atoms with Crippen LogP contribution in [0.1, 0.15) is 62.4 Å². The van der Waals surface area contributed by atoms with E-state index >= 15 is 0 Å². The fraction of sp³-hybridized carbons (Fsp3) is 0.306. The highest BCUT2D eigenvalue weighted by Crippen LogP contribution is 2.36. The van der Waals surface area contributed by atoms with E-state index in [2.05, 4.69) is 75.1 Å². The second-order valence-electron chi connectivity index (χ2n) is 25.3. The number of hydrogen-bond donors (Lipinski definition) is 3. The summed E-state index contributed by atoms with van der Waals surface area (Å²) in [5.74, 6) is 3.40. The third-order valence-corrected chi connectivity index (χ3v) is 17.6. The molecule has 3 aliphatic rings. The molecule has 13 heterocycles. The Balaban J connectivity index is 0.000000127. The Hall–Kier alpha value is -11.2. The minimum absolute atomic E-state index is 0.233. The Morgan fingerprint density at radius 3 is 1.24 bits per heavy atom. The molecule has 10 aromatic heterocycles. The van der Waals surface area contributed by atoms with Crippen LogP contribution in [0.15, 0.2) is 135 Å². The number of benzene rings is 3. The molecule has 0 amide bonds. The second kappa shape index (κ2) is 28.5. The Kier molecular flexibility index (Phi) is 18.7. The van der Waals surface area contributed by atoms with E-state index in [9.17, 15) is 13.2 Å². The molecule has 24 nitrogen and oxygen atoms in total. The van der Waals surface area contributed by atoms with Crippen LogP contribution >= 0.6 is 0 Å². The van der Waals surface area contributed by atoms with Crippen molar-refractivity contribution in [2.45, 2.75) is 85.7 Å². The number of aromatic nitrogens is 16. The van der Waals surface area contributed by atoms with E-state index in [4.69, 9.17) is 29.2 Å². The van der Waals surface area contributed by atoms with Crippen molar-refractivity contribution in [3.63, 3.8) is 0 Å². The van der Waals surface area contributed by atoms with Crippen molar-refractivity contribution in [3.05, 3.63) is 209 Å². The molecule has 0 saturated heterocycles. The summed E-state index contributed by atoms with van der Waals surface area (Å²) in [5.41, 5.74) is 16.2. The minimum Gasteiger partial charge on any atom is -0.493 e. The van der Waals surface area contributed by atoms with Gasteiger partial charge in [0, 0.05) is 187 Å². The molecule has 0 spiro atoms. The van der Waals surface area contributed by atoms with E-state index in [-0.39, 0.29) is 17.5 Å². The van der Waals surface area contributed by atoms with Crippen LogP contribution in [0.2, 0.25) is 0 Å². The maximum Gasteiger partial charge on any atom is 0.208 e. The molecular weight excluding hydrogens is 1260 g/mol. The van der Waals surface area contributed by atoms with Gasteiger partial charge >= 0.3 is 0 Å². The van der Waals surface area contributed by atoms with Crippen molar-refractivity contribution < 1.29 is 27.4 Å². The summed E-state index contributed by atoms with van der Waals surface area (Å²) in [4.78, 5) is 36.5. The number of imidazole rings is 3. The second-order valence-corrected chi connectivity index (χ2v) is 25.3. The number of anilines is 3. The molecule has 3 aromatic carbocycles. The normalized spacial score (nSPS) is 12.9. The van der Waals surface area contributed by atoms with Gasteiger partial charge in [-0.1, -0.05) is 6.07 Å². The lowest BCUT2D eigenvalue weighted by molar-refractivity contribution is 0.356. The van der Waals surface area contributed by atoms with Gasteiger partial charge in [0.15, 0.2) is 0 Å². The molecule has 0 saturated carbocycles. The number of hydrogen-bond acceptors (Lipinski definition) is 18.